The molecule has 0 saturated carbocycles. The highest BCUT2D eigenvalue weighted by molar-refractivity contribution is 6.30. The third-order valence-electron chi connectivity index (χ3n) is 5.05. The molecule has 0 bridgehead atoms. The van der Waals surface area contributed by atoms with Gasteiger partial charge in [0.25, 0.3) is 0 Å². The molecule has 8 nitrogen and oxygen atoms in total. The molecule has 1 aliphatic rings. The number of fused-ring (bicyclic) bond motifs is 1. The van der Waals surface area contributed by atoms with Crippen molar-refractivity contribution in [2.24, 2.45) is 11.8 Å². The lowest BCUT2D eigenvalue weighted by atomic mass is 9.92. The Kier molecular flexibility index (Phi) is 5.27. The Labute approximate surface area is 173 Å². The van der Waals surface area contributed by atoms with Gasteiger partial charge in [0, 0.05) is 36.2 Å². The van der Waals surface area contributed by atoms with Gasteiger partial charge in [-0.1, -0.05) is 31.5 Å². The lowest BCUT2D eigenvalue weighted by Crippen LogP contribution is -2.39. The monoisotopic (exact) mass is 414 g/mol. The molecule has 29 heavy (non-hydrogen) atoms. The molecule has 2 atom stereocenters. The number of benzene rings is 1. The fourth-order valence-electron chi connectivity index (χ4n) is 4.00. The second-order valence-corrected chi connectivity index (χ2v) is 8.23. The molecule has 4 rings (SSSR count). The first-order valence-electron chi connectivity index (χ1n) is 9.65. The molecule has 0 aliphatic carbocycles. The van der Waals surface area contributed by atoms with Crippen LogP contribution in [0, 0.1) is 11.8 Å². The molecule has 1 saturated heterocycles. The van der Waals surface area contributed by atoms with Crippen LogP contribution in [-0.4, -0.2) is 38.2 Å². The van der Waals surface area contributed by atoms with Gasteiger partial charge in [-0.3, -0.25) is 4.79 Å². The molecule has 152 valence electrons. The van der Waals surface area contributed by atoms with Crippen LogP contribution in [0.25, 0.3) is 5.65 Å². The Morgan fingerprint density at radius 3 is 2.76 bits per heavy atom. The highest BCUT2D eigenvalue weighted by Gasteiger charge is 2.25. The Hall–Kier alpha value is -2.87. The molecular weight excluding hydrogens is 392 g/mol. The molecule has 0 spiro atoms. The third-order valence-corrected chi connectivity index (χ3v) is 5.29. The van der Waals surface area contributed by atoms with E-state index in [0.717, 1.165) is 17.8 Å². The minimum atomic E-state index is -0.372. The maximum atomic E-state index is 12.8. The first-order valence-corrected chi connectivity index (χ1v) is 10.0. The van der Waals surface area contributed by atoms with Crippen molar-refractivity contribution >= 4 is 34.7 Å². The molecule has 3 aromatic rings. The summed E-state index contributed by atoms with van der Waals surface area (Å²) in [5, 5.41) is 7.67. The molecule has 0 unspecified atom stereocenters. The number of aromatic nitrogens is 4. The van der Waals surface area contributed by atoms with E-state index in [0.29, 0.717) is 34.0 Å². The quantitative estimate of drug-likeness (QED) is 0.709. The van der Waals surface area contributed by atoms with E-state index in [2.05, 4.69) is 34.1 Å². The van der Waals surface area contributed by atoms with Crippen molar-refractivity contribution in [1.82, 2.24) is 19.2 Å². The summed E-state index contributed by atoms with van der Waals surface area (Å²) in [7, 11) is 0. The van der Waals surface area contributed by atoms with Gasteiger partial charge in [0.2, 0.25) is 11.6 Å². The molecule has 0 radical (unpaired) electrons. The normalized spacial score (nSPS) is 19.5. The van der Waals surface area contributed by atoms with Gasteiger partial charge in [-0.25, -0.2) is 18.9 Å². The average molecular weight is 415 g/mol. The predicted octanol–water partition coefficient (Wildman–Crippen LogP) is 2.67. The van der Waals surface area contributed by atoms with Gasteiger partial charge >= 0.3 is 5.69 Å². The number of piperidine rings is 1. The summed E-state index contributed by atoms with van der Waals surface area (Å²) >= 11 is 5.95. The Morgan fingerprint density at radius 2 is 2.03 bits per heavy atom. The highest BCUT2D eigenvalue weighted by Crippen LogP contribution is 2.26. The molecule has 1 N–H and O–H groups in total. The third kappa shape index (κ3) is 4.12. The van der Waals surface area contributed by atoms with Crippen molar-refractivity contribution in [3.05, 3.63) is 52.2 Å². The fraction of sp³-hybridized carbons (Fsp3) is 0.400. The largest absolute Gasteiger partial charge is 0.353 e. The summed E-state index contributed by atoms with van der Waals surface area (Å²) in [5.74, 6) is 1.40. The number of hydrogen-bond donors (Lipinski definition) is 1. The standard InChI is InChI=1S/C20H23ClN6O2/c1-13-8-14(2)11-25(10-13)18-19-24-27(20(29)26(19)7-6-22-18)12-17(28)23-16-5-3-4-15(21)9-16/h3-7,9,13-14H,8,10-12H2,1-2H3,(H,23,28)/t13-,14-/m0/s1. The number of halogens is 1. The molecule has 3 heterocycles. The van der Waals surface area contributed by atoms with E-state index in [1.807, 2.05) is 0 Å². The maximum absolute atomic E-state index is 12.8. The minimum absolute atomic E-state index is 0.195. The maximum Gasteiger partial charge on any atom is 0.350 e. The van der Waals surface area contributed by atoms with E-state index in [-0.39, 0.29) is 18.1 Å². The minimum Gasteiger partial charge on any atom is -0.353 e. The van der Waals surface area contributed by atoms with E-state index in [1.54, 1.807) is 36.7 Å². The first kappa shape index (κ1) is 19.4. The van der Waals surface area contributed by atoms with E-state index in [9.17, 15) is 9.59 Å². The van der Waals surface area contributed by atoms with Gasteiger partial charge in [0.1, 0.15) is 6.54 Å². The van der Waals surface area contributed by atoms with E-state index in [4.69, 9.17) is 11.6 Å². The van der Waals surface area contributed by atoms with E-state index in [1.165, 1.54) is 10.8 Å². The smallest absolute Gasteiger partial charge is 0.350 e. The van der Waals surface area contributed by atoms with Gasteiger partial charge in [-0.15, -0.1) is 5.10 Å². The number of anilines is 2. The fourth-order valence-corrected chi connectivity index (χ4v) is 4.19. The van der Waals surface area contributed by atoms with E-state index < -0.39 is 0 Å². The van der Waals surface area contributed by atoms with Crippen molar-refractivity contribution in [3.63, 3.8) is 0 Å². The van der Waals surface area contributed by atoms with Crippen LogP contribution in [0.4, 0.5) is 11.5 Å². The second kappa shape index (κ2) is 7.87. The topological polar surface area (TPSA) is 84.5 Å². The SMILES string of the molecule is C[C@H]1C[C@H](C)CN(c2nccn3c(=O)n(CC(=O)Nc4cccc(Cl)c4)nc23)C1. The number of amides is 1. The van der Waals surface area contributed by atoms with Crippen LogP contribution in [0.1, 0.15) is 20.3 Å². The zero-order chi connectivity index (χ0) is 20.5. The summed E-state index contributed by atoms with van der Waals surface area (Å²) in [6.45, 7) is 5.97. The summed E-state index contributed by atoms with van der Waals surface area (Å²) in [4.78, 5) is 31.8. The van der Waals surface area contributed by atoms with Crippen LogP contribution in [0.3, 0.4) is 0 Å². The van der Waals surface area contributed by atoms with Crippen molar-refractivity contribution in [2.75, 3.05) is 23.3 Å². The second-order valence-electron chi connectivity index (χ2n) is 7.79. The zero-order valence-electron chi connectivity index (χ0n) is 16.4. The lowest BCUT2D eigenvalue weighted by Gasteiger charge is -2.35. The van der Waals surface area contributed by atoms with Gasteiger partial charge in [0.15, 0.2) is 5.82 Å². The molecule has 2 aromatic heterocycles. The molecule has 1 amide bonds. The molecule has 1 aliphatic heterocycles. The summed E-state index contributed by atoms with van der Waals surface area (Å²) in [6.07, 6.45) is 4.35. The van der Waals surface area contributed by atoms with Gasteiger partial charge in [0.05, 0.1) is 0 Å². The Morgan fingerprint density at radius 1 is 1.28 bits per heavy atom. The van der Waals surface area contributed by atoms with Gasteiger partial charge in [-0.2, -0.15) is 0 Å². The van der Waals surface area contributed by atoms with Crippen LogP contribution in [0.2, 0.25) is 5.02 Å². The molecule has 1 aromatic carbocycles. The summed E-state index contributed by atoms with van der Waals surface area (Å²) < 4.78 is 2.61. The molecular formula is C20H23ClN6O2. The highest BCUT2D eigenvalue weighted by atomic mass is 35.5. The van der Waals surface area contributed by atoms with Crippen LogP contribution in [-0.2, 0) is 11.3 Å². The van der Waals surface area contributed by atoms with Crippen molar-refractivity contribution in [1.29, 1.82) is 0 Å². The number of nitrogens with zero attached hydrogens (tertiary/aromatic N) is 5. The first-order chi connectivity index (χ1) is 13.9. The van der Waals surface area contributed by atoms with Crippen molar-refractivity contribution < 1.29 is 4.79 Å². The van der Waals surface area contributed by atoms with Crippen LogP contribution in [0.5, 0.6) is 0 Å². The number of carbonyl (C=O) groups is 1. The van der Waals surface area contributed by atoms with Gasteiger partial charge < -0.3 is 10.2 Å². The van der Waals surface area contributed by atoms with E-state index >= 15 is 0 Å². The van der Waals surface area contributed by atoms with Crippen LogP contribution in [0.15, 0.2) is 41.5 Å². The number of rotatable bonds is 4. The Bertz CT molecular complexity index is 1100. The van der Waals surface area contributed by atoms with Crippen LogP contribution >= 0.6 is 11.6 Å². The lowest BCUT2D eigenvalue weighted by molar-refractivity contribution is -0.117. The number of carbonyl (C=O) groups excluding carboxylic acids is 1. The molecule has 1 fully saturated rings. The van der Waals surface area contributed by atoms with Gasteiger partial charge in [-0.05, 0) is 36.5 Å². The van der Waals surface area contributed by atoms with Crippen molar-refractivity contribution in [2.45, 2.75) is 26.8 Å². The number of nitrogens with one attached hydrogen (secondary N) is 1. The zero-order valence-corrected chi connectivity index (χ0v) is 17.1. The summed E-state index contributed by atoms with van der Waals surface area (Å²) in [5.41, 5.74) is 0.662. The summed E-state index contributed by atoms with van der Waals surface area (Å²) in [6, 6.07) is 6.85. The van der Waals surface area contributed by atoms with Crippen LogP contribution < -0.4 is 15.9 Å². The predicted molar refractivity (Wildman–Crippen MR) is 112 cm³/mol. The average Bonchev–Trinajstić information content (AvgIpc) is 2.96. The van der Waals surface area contributed by atoms with Crippen molar-refractivity contribution in [3.8, 4) is 0 Å². The number of hydrogen-bond acceptors (Lipinski definition) is 5. The Balaban J connectivity index is 1.60. The molecule has 9 heteroatoms.